The van der Waals surface area contributed by atoms with Gasteiger partial charge in [0.25, 0.3) is 0 Å². The van der Waals surface area contributed by atoms with E-state index in [1.165, 1.54) is 5.56 Å². The number of hydrogen-bond donors (Lipinski definition) is 1. The minimum absolute atomic E-state index is 0.0670. The fourth-order valence-corrected chi connectivity index (χ4v) is 3.33. The van der Waals surface area contributed by atoms with Gasteiger partial charge < -0.3 is 14.8 Å². The van der Waals surface area contributed by atoms with E-state index in [1.807, 2.05) is 50.2 Å². The van der Waals surface area contributed by atoms with E-state index in [0.717, 1.165) is 28.6 Å². The van der Waals surface area contributed by atoms with E-state index in [2.05, 4.69) is 17.4 Å². The van der Waals surface area contributed by atoms with Crippen LogP contribution in [0.1, 0.15) is 31.4 Å². The quantitative estimate of drug-likeness (QED) is 0.592. The summed E-state index contributed by atoms with van der Waals surface area (Å²) in [6.07, 6.45) is 0.521. The van der Waals surface area contributed by atoms with Crippen molar-refractivity contribution in [1.82, 2.24) is 5.32 Å². The van der Waals surface area contributed by atoms with Gasteiger partial charge in [0, 0.05) is 24.5 Å². The summed E-state index contributed by atoms with van der Waals surface area (Å²) >= 11 is 1.78. The molecule has 0 radical (unpaired) electrons. The summed E-state index contributed by atoms with van der Waals surface area (Å²) in [4.78, 5) is 12.0. The van der Waals surface area contributed by atoms with E-state index in [1.54, 1.807) is 11.8 Å². The molecule has 0 aliphatic carbocycles. The molecule has 0 fully saturated rings. The summed E-state index contributed by atoms with van der Waals surface area (Å²) in [5.41, 5.74) is 2.29. The Balaban J connectivity index is 1.73. The lowest BCUT2D eigenvalue weighted by Crippen LogP contribution is -2.23. The second kappa shape index (κ2) is 11.5. The highest BCUT2D eigenvalue weighted by molar-refractivity contribution is 7.98. The van der Waals surface area contributed by atoms with E-state index < -0.39 is 0 Å². The van der Waals surface area contributed by atoms with Gasteiger partial charge in [-0.05, 0) is 37.1 Å². The third-order valence-corrected chi connectivity index (χ3v) is 4.71. The topological polar surface area (TPSA) is 47.6 Å². The van der Waals surface area contributed by atoms with Crippen molar-refractivity contribution in [1.29, 1.82) is 0 Å². The van der Waals surface area contributed by atoms with Gasteiger partial charge in [-0.3, -0.25) is 4.79 Å². The molecule has 5 heteroatoms. The van der Waals surface area contributed by atoms with E-state index in [0.29, 0.717) is 26.2 Å². The molecule has 0 saturated carbocycles. The molecule has 140 valence electrons. The van der Waals surface area contributed by atoms with Crippen LogP contribution in [0.25, 0.3) is 0 Å². The number of carbonyl (C=O) groups is 1. The summed E-state index contributed by atoms with van der Waals surface area (Å²) in [5, 5.41) is 2.97. The van der Waals surface area contributed by atoms with Crippen LogP contribution < -0.4 is 14.8 Å². The van der Waals surface area contributed by atoms with Gasteiger partial charge >= 0.3 is 0 Å². The molecule has 0 atom stereocenters. The van der Waals surface area contributed by atoms with Crippen LogP contribution in [-0.2, 0) is 17.1 Å². The molecular formula is C21H27NO3S. The van der Waals surface area contributed by atoms with Crippen molar-refractivity contribution >= 4 is 17.7 Å². The van der Waals surface area contributed by atoms with Crippen molar-refractivity contribution in [3.8, 4) is 11.5 Å². The van der Waals surface area contributed by atoms with Gasteiger partial charge in [-0.25, -0.2) is 0 Å². The number of benzene rings is 2. The summed E-state index contributed by atoms with van der Waals surface area (Å²) < 4.78 is 11.2. The summed E-state index contributed by atoms with van der Waals surface area (Å²) in [5.74, 6) is 3.28. The molecule has 0 heterocycles. The Hall–Kier alpha value is -2.14. The minimum atomic E-state index is 0.0670. The van der Waals surface area contributed by atoms with E-state index in [9.17, 15) is 4.79 Å². The maximum Gasteiger partial charge on any atom is 0.221 e. The highest BCUT2D eigenvalue weighted by Gasteiger charge is 2.07. The zero-order valence-corrected chi connectivity index (χ0v) is 16.3. The Bertz CT molecular complexity index is 676. The van der Waals surface area contributed by atoms with E-state index in [-0.39, 0.29) is 5.91 Å². The summed E-state index contributed by atoms with van der Waals surface area (Å²) in [6, 6.07) is 16.1. The lowest BCUT2D eigenvalue weighted by atomic mass is 10.2. The molecule has 0 bridgehead atoms. The van der Waals surface area contributed by atoms with Gasteiger partial charge in [0.1, 0.15) is 0 Å². The summed E-state index contributed by atoms with van der Waals surface area (Å²) in [6.45, 7) is 5.55. The van der Waals surface area contributed by atoms with E-state index >= 15 is 0 Å². The average molecular weight is 374 g/mol. The highest BCUT2D eigenvalue weighted by Crippen LogP contribution is 2.28. The number of amides is 1. The van der Waals surface area contributed by atoms with Crippen LogP contribution in [0.5, 0.6) is 11.5 Å². The van der Waals surface area contributed by atoms with Crippen LogP contribution in [0.2, 0.25) is 0 Å². The predicted octanol–water partition coefficient (Wildman–Crippen LogP) is 4.42. The number of rotatable bonds is 11. The average Bonchev–Trinajstić information content (AvgIpc) is 2.66. The van der Waals surface area contributed by atoms with Crippen molar-refractivity contribution < 1.29 is 14.3 Å². The molecule has 26 heavy (non-hydrogen) atoms. The third-order valence-electron chi connectivity index (χ3n) is 3.68. The third kappa shape index (κ3) is 7.00. The first-order valence-corrected chi connectivity index (χ1v) is 10.1. The monoisotopic (exact) mass is 373 g/mol. The zero-order chi connectivity index (χ0) is 18.6. The maximum absolute atomic E-state index is 12.0. The van der Waals surface area contributed by atoms with Crippen molar-refractivity contribution in [2.24, 2.45) is 0 Å². The summed E-state index contributed by atoms with van der Waals surface area (Å²) in [7, 11) is 0. The van der Waals surface area contributed by atoms with Crippen LogP contribution in [0, 0.1) is 0 Å². The van der Waals surface area contributed by atoms with Gasteiger partial charge in [-0.1, -0.05) is 36.4 Å². The minimum Gasteiger partial charge on any atom is -0.490 e. The van der Waals surface area contributed by atoms with Gasteiger partial charge in [0.05, 0.1) is 13.2 Å². The molecule has 2 aromatic carbocycles. The fraction of sp³-hybridized carbons (Fsp3) is 0.381. The van der Waals surface area contributed by atoms with Crippen molar-refractivity contribution in [3.05, 3.63) is 59.7 Å². The van der Waals surface area contributed by atoms with E-state index in [4.69, 9.17) is 9.47 Å². The number of ether oxygens (including phenoxy) is 2. The van der Waals surface area contributed by atoms with Crippen molar-refractivity contribution in [3.63, 3.8) is 0 Å². The van der Waals surface area contributed by atoms with Crippen LogP contribution in [0.3, 0.4) is 0 Å². The molecule has 1 N–H and O–H groups in total. The van der Waals surface area contributed by atoms with Crippen LogP contribution in [-0.4, -0.2) is 24.9 Å². The van der Waals surface area contributed by atoms with Crippen LogP contribution >= 0.6 is 11.8 Å². The molecule has 4 nitrogen and oxygen atoms in total. The predicted molar refractivity (Wildman–Crippen MR) is 108 cm³/mol. The Morgan fingerprint density at radius 2 is 1.69 bits per heavy atom. The molecule has 0 unspecified atom stereocenters. The first kappa shape index (κ1) is 20.2. The lowest BCUT2D eigenvalue weighted by molar-refractivity contribution is -0.120. The fourth-order valence-electron chi connectivity index (χ4n) is 2.42. The Morgan fingerprint density at radius 3 is 2.42 bits per heavy atom. The lowest BCUT2D eigenvalue weighted by Gasteiger charge is -2.13. The van der Waals surface area contributed by atoms with Crippen molar-refractivity contribution in [2.75, 3.05) is 19.0 Å². The molecule has 0 saturated heterocycles. The largest absolute Gasteiger partial charge is 0.490 e. The molecule has 0 aromatic heterocycles. The molecule has 0 aliphatic heterocycles. The number of hydrogen-bond acceptors (Lipinski definition) is 4. The number of carbonyl (C=O) groups excluding carboxylic acids is 1. The van der Waals surface area contributed by atoms with Gasteiger partial charge in [-0.15, -0.1) is 0 Å². The Labute approximate surface area is 160 Å². The van der Waals surface area contributed by atoms with Gasteiger partial charge in [0.15, 0.2) is 11.5 Å². The first-order valence-electron chi connectivity index (χ1n) is 8.99. The SMILES string of the molecule is CCOc1ccc(CNC(=O)CCSCc2ccccc2)cc1OCC. The van der Waals surface area contributed by atoms with Crippen molar-refractivity contribution in [2.45, 2.75) is 32.6 Å². The zero-order valence-electron chi connectivity index (χ0n) is 15.5. The number of nitrogens with one attached hydrogen (secondary N) is 1. The second-order valence-electron chi connectivity index (χ2n) is 5.71. The molecule has 2 aromatic rings. The Morgan fingerprint density at radius 1 is 0.962 bits per heavy atom. The Kier molecular flexibility index (Phi) is 8.90. The van der Waals surface area contributed by atoms with Gasteiger partial charge in [0.2, 0.25) is 5.91 Å². The second-order valence-corrected chi connectivity index (χ2v) is 6.82. The molecule has 1 amide bonds. The smallest absolute Gasteiger partial charge is 0.221 e. The molecule has 0 spiro atoms. The highest BCUT2D eigenvalue weighted by atomic mass is 32.2. The molecular weight excluding hydrogens is 346 g/mol. The standard InChI is InChI=1S/C21H27NO3S/c1-3-24-19-11-10-18(14-20(19)25-4-2)15-22-21(23)12-13-26-16-17-8-6-5-7-9-17/h5-11,14H,3-4,12-13,15-16H2,1-2H3,(H,22,23). The maximum atomic E-state index is 12.0. The first-order chi connectivity index (χ1) is 12.7. The van der Waals surface area contributed by atoms with Gasteiger partial charge in [-0.2, -0.15) is 11.8 Å². The van der Waals surface area contributed by atoms with Crippen LogP contribution in [0.15, 0.2) is 48.5 Å². The number of thioether (sulfide) groups is 1. The normalized spacial score (nSPS) is 10.4. The molecule has 2 rings (SSSR count). The van der Waals surface area contributed by atoms with Crippen LogP contribution in [0.4, 0.5) is 0 Å². The molecule has 0 aliphatic rings.